The van der Waals surface area contributed by atoms with Gasteiger partial charge in [-0.1, -0.05) is 6.92 Å². The van der Waals surface area contributed by atoms with Crippen molar-refractivity contribution in [3.8, 4) is 5.75 Å². The topological polar surface area (TPSA) is 73.3 Å². The summed E-state index contributed by atoms with van der Waals surface area (Å²) in [5, 5.41) is 14.6. The van der Waals surface area contributed by atoms with E-state index in [1.54, 1.807) is 24.9 Å². The Morgan fingerprint density at radius 2 is 2.33 bits per heavy atom. The fourth-order valence-corrected chi connectivity index (χ4v) is 1.85. The average Bonchev–Trinajstić information content (AvgIpc) is 2.95. The Kier molecular flexibility index (Phi) is 3.66. The molecule has 0 aliphatic heterocycles. The summed E-state index contributed by atoms with van der Waals surface area (Å²) in [5.41, 5.74) is 1.07. The maximum Gasteiger partial charge on any atom is 0.191 e. The molecule has 0 aliphatic rings. The van der Waals surface area contributed by atoms with Crippen molar-refractivity contribution in [2.24, 2.45) is 0 Å². The predicted molar refractivity (Wildman–Crippen MR) is 64.4 cm³/mol. The van der Waals surface area contributed by atoms with Crippen LogP contribution in [0.3, 0.4) is 0 Å². The summed E-state index contributed by atoms with van der Waals surface area (Å²) in [6, 6.07) is 0. The number of aliphatic hydroxyl groups is 1. The number of methoxy groups -OCH3 is 1. The van der Waals surface area contributed by atoms with Crippen molar-refractivity contribution >= 4 is 0 Å². The van der Waals surface area contributed by atoms with Crippen molar-refractivity contribution in [3.05, 3.63) is 29.7 Å². The average molecular weight is 251 g/mol. The normalized spacial score (nSPS) is 12.7. The van der Waals surface area contributed by atoms with Gasteiger partial charge in [-0.25, -0.2) is 4.98 Å². The van der Waals surface area contributed by atoms with Gasteiger partial charge in [0.15, 0.2) is 11.6 Å². The van der Waals surface area contributed by atoms with E-state index in [0.29, 0.717) is 29.6 Å². The molecule has 6 nitrogen and oxygen atoms in total. The van der Waals surface area contributed by atoms with Crippen LogP contribution in [0.2, 0.25) is 0 Å². The van der Waals surface area contributed by atoms with E-state index < -0.39 is 6.10 Å². The highest BCUT2D eigenvalue weighted by Crippen LogP contribution is 2.29. The highest BCUT2D eigenvalue weighted by atomic mass is 16.5. The first-order valence-corrected chi connectivity index (χ1v) is 5.87. The molecular formula is C12H17N3O3. The smallest absolute Gasteiger partial charge is 0.191 e. The van der Waals surface area contributed by atoms with Gasteiger partial charge in [0.25, 0.3) is 0 Å². The van der Waals surface area contributed by atoms with Crippen molar-refractivity contribution < 1.29 is 14.3 Å². The first-order chi connectivity index (χ1) is 8.67. The molecule has 18 heavy (non-hydrogen) atoms. The van der Waals surface area contributed by atoms with Crippen LogP contribution in [0.1, 0.15) is 36.7 Å². The maximum atomic E-state index is 10.4. The second-order valence-electron chi connectivity index (χ2n) is 4.02. The van der Waals surface area contributed by atoms with Crippen LogP contribution in [-0.4, -0.2) is 27.0 Å². The molecule has 1 N–H and O–H groups in total. The van der Waals surface area contributed by atoms with Gasteiger partial charge < -0.3 is 14.3 Å². The summed E-state index contributed by atoms with van der Waals surface area (Å²) < 4.78 is 12.1. The first-order valence-electron chi connectivity index (χ1n) is 5.87. The molecule has 2 aromatic heterocycles. The van der Waals surface area contributed by atoms with Crippen molar-refractivity contribution in [3.63, 3.8) is 0 Å². The Morgan fingerprint density at radius 3 is 2.89 bits per heavy atom. The molecule has 0 aromatic carbocycles. The second-order valence-corrected chi connectivity index (χ2v) is 4.02. The number of hydrogen-bond acceptors (Lipinski definition) is 5. The van der Waals surface area contributed by atoms with Crippen LogP contribution in [0.5, 0.6) is 5.75 Å². The summed E-state index contributed by atoms with van der Waals surface area (Å²) in [5.74, 6) is 1.07. The molecule has 0 spiro atoms. The van der Waals surface area contributed by atoms with E-state index in [9.17, 15) is 5.11 Å². The van der Waals surface area contributed by atoms with E-state index >= 15 is 0 Å². The standard InChI is InChI=1S/C12H17N3O3/c1-4-5-15-11(10(17-3)6-13-15)12(16)9-7-18-8(2)14-9/h6-7,12,16H,4-5H2,1-3H3. The van der Waals surface area contributed by atoms with Crippen molar-refractivity contribution in [1.29, 1.82) is 0 Å². The molecule has 0 radical (unpaired) electrons. The number of nitrogens with zero attached hydrogens (tertiary/aromatic N) is 3. The number of oxazole rings is 1. The molecular weight excluding hydrogens is 234 g/mol. The van der Waals surface area contributed by atoms with Crippen molar-refractivity contribution in [2.45, 2.75) is 32.9 Å². The lowest BCUT2D eigenvalue weighted by molar-refractivity contribution is 0.197. The van der Waals surface area contributed by atoms with Gasteiger partial charge in [-0.3, -0.25) is 4.68 Å². The van der Waals surface area contributed by atoms with Crippen molar-refractivity contribution in [1.82, 2.24) is 14.8 Å². The van der Waals surface area contributed by atoms with Gasteiger partial charge in [0, 0.05) is 13.5 Å². The van der Waals surface area contributed by atoms with Gasteiger partial charge in [-0.05, 0) is 6.42 Å². The molecule has 1 unspecified atom stereocenters. The van der Waals surface area contributed by atoms with E-state index in [0.717, 1.165) is 6.42 Å². The molecule has 6 heteroatoms. The quantitative estimate of drug-likeness (QED) is 0.875. The summed E-state index contributed by atoms with van der Waals surface area (Å²) >= 11 is 0. The van der Waals surface area contributed by atoms with E-state index in [2.05, 4.69) is 10.1 Å². The fraction of sp³-hybridized carbons (Fsp3) is 0.500. The van der Waals surface area contributed by atoms with E-state index in [1.165, 1.54) is 6.26 Å². The van der Waals surface area contributed by atoms with Crippen LogP contribution in [-0.2, 0) is 6.54 Å². The maximum absolute atomic E-state index is 10.4. The molecule has 2 aromatic rings. The highest BCUT2D eigenvalue weighted by Gasteiger charge is 2.23. The molecule has 2 rings (SSSR count). The second kappa shape index (κ2) is 5.22. The number of aryl methyl sites for hydroxylation is 2. The Labute approximate surface area is 105 Å². The number of aromatic nitrogens is 3. The Morgan fingerprint density at radius 1 is 1.56 bits per heavy atom. The minimum atomic E-state index is -0.897. The van der Waals surface area contributed by atoms with Crippen molar-refractivity contribution in [2.75, 3.05) is 7.11 Å². The molecule has 0 aliphatic carbocycles. The monoisotopic (exact) mass is 251 g/mol. The SMILES string of the molecule is CCCn1ncc(OC)c1C(O)c1coc(C)n1. The van der Waals surface area contributed by atoms with Crippen LogP contribution >= 0.6 is 0 Å². The Bertz CT molecular complexity index is 518. The lowest BCUT2D eigenvalue weighted by Gasteiger charge is -2.12. The molecule has 1 atom stereocenters. The van der Waals surface area contributed by atoms with Gasteiger partial charge in [0.05, 0.1) is 13.3 Å². The van der Waals surface area contributed by atoms with Crippen LogP contribution in [0.15, 0.2) is 16.9 Å². The number of ether oxygens (including phenoxy) is 1. The largest absolute Gasteiger partial charge is 0.493 e. The number of aliphatic hydroxyl groups excluding tert-OH is 1. The van der Waals surface area contributed by atoms with Gasteiger partial charge in [0.1, 0.15) is 23.8 Å². The zero-order valence-electron chi connectivity index (χ0n) is 10.8. The minimum Gasteiger partial charge on any atom is -0.493 e. The fourth-order valence-electron chi connectivity index (χ4n) is 1.85. The van der Waals surface area contributed by atoms with Crippen LogP contribution in [0, 0.1) is 6.92 Å². The van der Waals surface area contributed by atoms with Gasteiger partial charge in [0.2, 0.25) is 0 Å². The third kappa shape index (κ3) is 2.24. The van der Waals surface area contributed by atoms with Crippen LogP contribution in [0.4, 0.5) is 0 Å². The highest BCUT2D eigenvalue weighted by molar-refractivity contribution is 5.31. The van der Waals surface area contributed by atoms with Gasteiger partial charge in [-0.15, -0.1) is 0 Å². The van der Waals surface area contributed by atoms with E-state index in [-0.39, 0.29) is 0 Å². The molecule has 0 amide bonds. The predicted octanol–water partition coefficient (Wildman–Crippen LogP) is 1.68. The third-order valence-corrected chi connectivity index (χ3v) is 2.68. The van der Waals surface area contributed by atoms with Gasteiger partial charge >= 0.3 is 0 Å². The molecule has 0 bridgehead atoms. The third-order valence-electron chi connectivity index (χ3n) is 2.68. The van der Waals surface area contributed by atoms with Crippen LogP contribution < -0.4 is 4.74 Å². The van der Waals surface area contributed by atoms with Gasteiger partial charge in [-0.2, -0.15) is 5.10 Å². The lowest BCUT2D eigenvalue weighted by atomic mass is 10.2. The number of rotatable bonds is 5. The summed E-state index contributed by atoms with van der Waals surface area (Å²) in [7, 11) is 1.55. The minimum absolute atomic E-state index is 0.462. The molecule has 0 saturated carbocycles. The molecule has 98 valence electrons. The Hall–Kier alpha value is -1.82. The number of hydrogen-bond donors (Lipinski definition) is 1. The zero-order valence-corrected chi connectivity index (χ0v) is 10.8. The lowest BCUT2D eigenvalue weighted by Crippen LogP contribution is -2.11. The zero-order chi connectivity index (χ0) is 13.1. The molecule has 0 fully saturated rings. The first kappa shape index (κ1) is 12.6. The van der Waals surface area contributed by atoms with E-state index in [4.69, 9.17) is 9.15 Å². The molecule has 2 heterocycles. The Balaban J connectivity index is 2.38. The van der Waals surface area contributed by atoms with E-state index in [1.807, 2.05) is 6.92 Å². The summed E-state index contributed by atoms with van der Waals surface area (Å²) in [6.07, 6.45) is 3.07. The summed E-state index contributed by atoms with van der Waals surface area (Å²) in [6.45, 7) is 4.49. The van der Waals surface area contributed by atoms with Crippen LogP contribution in [0.25, 0.3) is 0 Å². The summed E-state index contributed by atoms with van der Waals surface area (Å²) in [4.78, 5) is 4.13. The molecule has 0 saturated heterocycles.